The Morgan fingerprint density at radius 3 is 3.00 bits per heavy atom. The van der Waals surface area contributed by atoms with Crippen LogP contribution in [-0.2, 0) is 0 Å². The number of nitrogens with one attached hydrogen (secondary N) is 2. The van der Waals surface area contributed by atoms with Crippen molar-refractivity contribution in [3.63, 3.8) is 0 Å². The molecule has 0 radical (unpaired) electrons. The number of benzene rings is 1. The lowest BCUT2D eigenvalue weighted by Crippen LogP contribution is -2.43. The monoisotopic (exact) mass is 351 g/mol. The zero-order valence-electron chi connectivity index (χ0n) is 11.3. The molecule has 0 bridgehead atoms. The van der Waals surface area contributed by atoms with E-state index in [0.717, 1.165) is 17.6 Å². The van der Waals surface area contributed by atoms with Crippen LogP contribution in [0, 0.1) is 0 Å². The van der Waals surface area contributed by atoms with Crippen LogP contribution in [0.15, 0.2) is 28.9 Å². The molecule has 0 saturated carbocycles. The zero-order valence-corrected chi connectivity index (χ0v) is 12.9. The summed E-state index contributed by atoms with van der Waals surface area (Å²) in [5, 5.41) is 13.8. The van der Waals surface area contributed by atoms with Gasteiger partial charge in [-0.05, 0) is 18.2 Å². The summed E-state index contributed by atoms with van der Waals surface area (Å²) in [7, 11) is 1.55. The van der Waals surface area contributed by atoms with Gasteiger partial charge in [0.15, 0.2) is 5.69 Å². The summed E-state index contributed by atoms with van der Waals surface area (Å²) in [5.41, 5.74) is 0.862. The van der Waals surface area contributed by atoms with E-state index in [4.69, 9.17) is 4.74 Å². The summed E-state index contributed by atoms with van der Waals surface area (Å²) < 4.78 is 7.78. The smallest absolute Gasteiger partial charge is 0.277 e. The molecule has 1 fully saturated rings. The number of aromatic nitrogens is 3. The number of hydrogen-bond acceptors (Lipinski definition) is 5. The predicted octanol–water partition coefficient (Wildman–Crippen LogP) is 1.45. The standard InChI is InChI=1S/C13H14BrN5O2/c1-21-12-3-2-8(14)4-10(12)16-13(20)11-7-19(18-17-11)9-5-15-6-9/h2-4,7,9,15H,5-6H2,1H3,(H,16,20). The van der Waals surface area contributed by atoms with Crippen LogP contribution >= 0.6 is 15.9 Å². The predicted molar refractivity (Wildman–Crippen MR) is 80.6 cm³/mol. The van der Waals surface area contributed by atoms with Crippen molar-refractivity contribution in [2.45, 2.75) is 6.04 Å². The van der Waals surface area contributed by atoms with Crippen LogP contribution in [0.25, 0.3) is 0 Å². The molecule has 21 heavy (non-hydrogen) atoms. The second-order valence-electron chi connectivity index (χ2n) is 4.69. The van der Waals surface area contributed by atoms with Gasteiger partial charge in [-0.1, -0.05) is 21.1 Å². The van der Waals surface area contributed by atoms with Crippen molar-refractivity contribution in [3.05, 3.63) is 34.6 Å². The van der Waals surface area contributed by atoms with Gasteiger partial charge in [-0.15, -0.1) is 5.10 Å². The van der Waals surface area contributed by atoms with Crippen LogP contribution in [0.3, 0.4) is 0 Å². The number of methoxy groups -OCH3 is 1. The Morgan fingerprint density at radius 2 is 2.33 bits per heavy atom. The van der Waals surface area contributed by atoms with Crippen LogP contribution in [0.2, 0.25) is 0 Å². The molecule has 1 amide bonds. The van der Waals surface area contributed by atoms with Gasteiger partial charge in [-0.2, -0.15) is 0 Å². The lowest BCUT2D eigenvalue weighted by atomic mass is 10.2. The minimum Gasteiger partial charge on any atom is -0.495 e. The summed E-state index contributed by atoms with van der Waals surface area (Å²) in [4.78, 5) is 12.2. The molecule has 0 aliphatic carbocycles. The summed E-state index contributed by atoms with van der Waals surface area (Å²) in [6.45, 7) is 1.70. The fourth-order valence-corrected chi connectivity index (χ4v) is 2.35. The van der Waals surface area contributed by atoms with E-state index in [-0.39, 0.29) is 17.6 Å². The first kappa shape index (κ1) is 14.0. The normalized spacial score (nSPS) is 14.6. The van der Waals surface area contributed by atoms with Gasteiger partial charge in [0.25, 0.3) is 5.91 Å². The van der Waals surface area contributed by atoms with Gasteiger partial charge >= 0.3 is 0 Å². The Kier molecular flexibility index (Phi) is 3.89. The molecule has 0 atom stereocenters. The van der Waals surface area contributed by atoms with Crippen LogP contribution < -0.4 is 15.4 Å². The molecular formula is C13H14BrN5O2. The molecule has 0 unspecified atom stereocenters. The SMILES string of the molecule is COc1ccc(Br)cc1NC(=O)c1cn(C2CNC2)nn1. The van der Waals surface area contributed by atoms with Crippen molar-refractivity contribution in [2.75, 3.05) is 25.5 Å². The molecule has 3 rings (SSSR count). The number of ether oxygens (including phenoxy) is 1. The average Bonchev–Trinajstić information content (AvgIpc) is 2.86. The molecule has 1 aromatic heterocycles. The lowest BCUT2D eigenvalue weighted by molar-refractivity contribution is 0.102. The lowest BCUT2D eigenvalue weighted by Gasteiger charge is -2.26. The molecule has 0 spiro atoms. The van der Waals surface area contributed by atoms with Gasteiger partial charge in [-0.25, -0.2) is 4.68 Å². The molecule has 7 nitrogen and oxygen atoms in total. The number of hydrogen-bond donors (Lipinski definition) is 2. The average molecular weight is 352 g/mol. The Morgan fingerprint density at radius 1 is 1.52 bits per heavy atom. The quantitative estimate of drug-likeness (QED) is 0.871. The molecule has 1 saturated heterocycles. The van der Waals surface area contributed by atoms with Crippen molar-refractivity contribution < 1.29 is 9.53 Å². The summed E-state index contributed by atoms with van der Waals surface area (Å²) >= 11 is 3.37. The van der Waals surface area contributed by atoms with Gasteiger partial charge in [0.1, 0.15) is 5.75 Å². The molecule has 2 heterocycles. The van der Waals surface area contributed by atoms with Crippen LogP contribution in [0.5, 0.6) is 5.75 Å². The van der Waals surface area contributed by atoms with Crippen LogP contribution in [0.4, 0.5) is 5.69 Å². The fraction of sp³-hybridized carbons (Fsp3) is 0.308. The first-order valence-corrected chi connectivity index (χ1v) is 7.24. The number of rotatable bonds is 4. The minimum absolute atomic E-state index is 0.277. The number of anilines is 1. The molecule has 8 heteroatoms. The molecule has 1 aliphatic rings. The fourth-order valence-electron chi connectivity index (χ4n) is 1.98. The van der Waals surface area contributed by atoms with E-state index in [1.54, 1.807) is 30.1 Å². The maximum absolute atomic E-state index is 12.2. The second-order valence-corrected chi connectivity index (χ2v) is 5.61. The van der Waals surface area contributed by atoms with Gasteiger partial charge in [0.2, 0.25) is 0 Å². The largest absolute Gasteiger partial charge is 0.495 e. The van der Waals surface area contributed by atoms with Crippen molar-refractivity contribution in [1.82, 2.24) is 20.3 Å². The third-order valence-corrected chi connectivity index (χ3v) is 3.78. The highest BCUT2D eigenvalue weighted by atomic mass is 79.9. The highest BCUT2D eigenvalue weighted by molar-refractivity contribution is 9.10. The molecule has 110 valence electrons. The maximum Gasteiger partial charge on any atom is 0.277 e. The first-order valence-electron chi connectivity index (χ1n) is 6.45. The second kappa shape index (κ2) is 5.82. The van der Waals surface area contributed by atoms with Gasteiger partial charge in [0, 0.05) is 17.6 Å². The van der Waals surface area contributed by atoms with Gasteiger partial charge in [0.05, 0.1) is 25.0 Å². The van der Waals surface area contributed by atoms with E-state index in [9.17, 15) is 4.79 Å². The van der Waals surface area contributed by atoms with E-state index >= 15 is 0 Å². The minimum atomic E-state index is -0.315. The van der Waals surface area contributed by atoms with E-state index in [1.807, 2.05) is 6.07 Å². The Labute approximate surface area is 129 Å². The van der Waals surface area contributed by atoms with E-state index in [1.165, 1.54) is 0 Å². The van der Waals surface area contributed by atoms with E-state index in [2.05, 4.69) is 36.9 Å². The van der Waals surface area contributed by atoms with E-state index in [0.29, 0.717) is 11.4 Å². The number of halogens is 1. The Bertz CT molecular complexity index is 668. The third kappa shape index (κ3) is 2.91. The Balaban J connectivity index is 1.76. The summed E-state index contributed by atoms with van der Waals surface area (Å²) in [6.07, 6.45) is 1.66. The molecular weight excluding hydrogens is 338 g/mol. The number of amides is 1. The number of nitrogens with zero attached hydrogens (tertiary/aromatic N) is 3. The number of carbonyl (C=O) groups is 1. The Hall–Kier alpha value is -1.93. The van der Waals surface area contributed by atoms with Gasteiger partial charge < -0.3 is 15.4 Å². The van der Waals surface area contributed by atoms with Crippen molar-refractivity contribution >= 4 is 27.5 Å². The van der Waals surface area contributed by atoms with Crippen LogP contribution in [-0.4, -0.2) is 41.1 Å². The molecule has 2 N–H and O–H groups in total. The van der Waals surface area contributed by atoms with Gasteiger partial charge in [-0.3, -0.25) is 4.79 Å². The maximum atomic E-state index is 12.2. The first-order chi connectivity index (χ1) is 10.2. The topological polar surface area (TPSA) is 81.1 Å². The number of carbonyl (C=O) groups excluding carboxylic acids is 1. The van der Waals surface area contributed by atoms with Crippen molar-refractivity contribution in [1.29, 1.82) is 0 Å². The zero-order chi connectivity index (χ0) is 14.8. The summed E-state index contributed by atoms with van der Waals surface area (Å²) in [5.74, 6) is 0.270. The molecule has 1 aliphatic heterocycles. The third-order valence-electron chi connectivity index (χ3n) is 3.29. The molecule has 1 aromatic carbocycles. The van der Waals surface area contributed by atoms with Crippen LogP contribution in [0.1, 0.15) is 16.5 Å². The van der Waals surface area contributed by atoms with Crippen molar-refractivity contribution in [2.24, 2.45) is 0 Å². The highest BCUT2D eigenvalue weighted by Gasteiger charge is 2.22. The highest BCUT2D eigenvalue weighted by Crippen LogP contribution is 2.28. The molecule has 2 aromatic rings. The summed E-state index contributed by atoms with van der Waals surface area (Å²) in [6, 6.07) is 5.67. The van der Waals surface area contributed by atoms with Crippen molar-refractivity contribution in [3.8, 4) is 5.75 Å². The van der Waals surface area contributed by atoms with E-state index < -0.39 is 0 Å².